The van der Waals surface area contributed by atoms with E-state index in [2.05, 4.69) is 34.7 Å². The fourth-order valence-corrected chi connectivity index (χ4v) is 6.01. The van der Waals surface area contributed by atoms with Crippen molar-refractivity contribution in [2.24, 2.45) is 0 Å². The number of rotatable bonds is 5. The van der Waals surface area contributed by atoms with Crippen molar-refractivity contribution in [2.75, 3.05) is 50.4 Å². The van der Waals surface area contributed by atoms with Crippen LogP contribution in [0.4, 0.5) is 5.69 Å². The molecule has 0 bridgehead atoms. The van der Waals surface area contributed by atoms with Gasteiger partial charge in [-0.15, -0.1) is 0 Å². The van der Waals surface area contributed by atoms with Crippen molar-refractivity contribution in [3.05, 3.63) is 48.5 Å². The molecule has 1 amide bonds. The standard InChI is InChI=1S/C26H32N4O3S/c1-26(2)18-30(14-13-28(26)3)25(31)17-34(32,33)20-9-10-24(29-11-6-12-29)21(16-20)23-15-19-7-4-5-8-22(19)27-23/h4-5,7-10,15-16,27H,6,11-14,17-18H2,1-3H3. The minimum Gasteiger partial charge on any atom is -0.371 e. The van der Waals surface area contributed by atoms with Crippen molar-refractivity contribution in [2.45, 2.75) is 30.7 Å². The maximum atomic E-state index is 13.3. The lowest BCUT2D eigenvalue weighted by atomic mass is 10.00. The second kappa shape index (κ2) is 8.43. The topological polar surface area (TPSA) is 76.7 Å². The maximum absolute atomic E-state index is 13.3. The molecule has 0 saturated carbocycles. The lowest BCUT2D eigenvalue weighted by Gasteiger charge is -2.45. The van der Waals surface area contributed by atoms with E-state index in [1.165, 1.54) is 0 Å². The monoisotopic (exact) mass is 480 g/mol. The van der Waals surface area contributed by atoms with Crippen LogP contribution in [0.15, 0.2) is 53.4 Å². The number of nitrogens with zero attached hydrogens (tertiary/aromatic N) is 3. The number of likely N-dealkylation sites (N-methyl/N-ethyl adjacent to an activating group) is 1. The van der Waals surface area contributed by atoms with Crippen LogP contribution in [0.25, 0.3) is 22.2 Å². The number of hydrogen-bond donors (Lipinski definition) is 1. The molecule has 180 valence electrons. The molecule has 2 aliphatic rings. The molecule has 1 aromatic heterocycles. The first-order valence-electron chi connectivity index (χ1n) is 11.8. The fraction of sp³-hybridized carbons (Fsp3) is 0.423. The first-order chi connectivity index (χ1) is 16.1. The summed E-state index contributed by atoms with van der Waals surface area (Å²) in [6, 6.07) is 15.3. The van der Waals surface area contributed by atoms with Gasteiger partial charge in [-0.2, -0.15) is 0 Å². The highest BCUT2D eigenvalue weighted by atomic mass is 32.2. The van der Waals surface area contributed by atoms with E-state index in [1.54, 1.807) is 17.0 Å². The molecule has 2 aliphatic heterocycles. The van der Waals surface area contributed by atoms with Gasteiger partial charge in [-0.1, -0.05) is 18.2 Å². The number of nitrogens with one attached hydrogen (secondary N) is 1. The van der Waals surface area contributed by atoms with Crippen molar-refractivity contribution in [3.63, 3.8) is 0 Å². The Balaban J connectivity index is 1.46. The Morgan fingerprint density at radius 1 is 1.03 bits per heavy atom. The number of fused-ring (bicyclic) bond motifs is 1. The van der Waals surface area contributed by atoms with E-state index in [0.29, 0.717) is 13.1 Å². The van der Waals surface area contributed by atoms with Crippen LogP contribution in [0.1, 0.15) is 20.3 Å². The average Bonchev–Trinajstić information content (AvgIpc) is 3.18. The molecule has 2 fully saturated rings. The highest BCUT2D eigenvalue weighted by molar-refractivity contribution is 7.92. The number of aromatic amines is 1. The summed E-state index contributed by atoms with van der Waals surface area (Å²) in [4.78, 5) is 22.8. The Labute approximate surface area is 201 Å². The van der Waals surface area contributed by atoms with Gasteiger partial charge in [-0.25, -0.2) is 8.42 Å². The second-order valence-electron chi connectivity index (χ2n) is 10.1. The molecule has 34 heavy (non-hydrogen) atoms. The smallest absolute Gasteiger partial charge is 0.238 e. The molecule has 2 saturated heterocycles. The lowest BCUT2D eigenvalue weighted by molar-refractivity contribution is -0.132. The van der Waals surface area contributed by atoms with Gasteiger partial charge in [-0.3, -0.25) is 9.69 Å². The third-order valence-corrected chi connectivity index (χ3v) is 8.93. The summed E-state index contributed by atoms with van der Waals surface area (Å²) in [5, 5.41) is 1.08. The van der Waals surface area contributed by atoms with Crippen LogP contribution in [-0.2, 0) is 14.6 Å². The molecule has 0 aliphatic carbocycles. The van der Waals surface area contributed by atoms with E-state index < -0.39 is 15.6 Å². The average molecular weight is 481 g/mol. The van der Waals surface area contributed by atoms with Crippen LogP contribution in [-0.4, -0.2) is 80.2 Å². The molecule has 0 unspecified atom stereocenters. The Hall–Kier alpha value is -2.84. The number of sulfone groups is 1. The third kappa shape index (κ3) is 4.20. The van der Waals surface area contributed by atoms with Crippen LogP contribution in [0, 0.1) is 0 Å². The van der Waals surface area contributed by atoms with Gasteiger partial charge >= 0.3 is 0 Å². The van der Waals surface area contributed by atoms with Crippen LogP contribution >= 0.6 is 0 Å². The number of H-pyrrole nitrogens is 1. The third-order valence-electron chi connectivity index (χ3n) is 7.33. The summed E-state index contributed by atoms with van der Waals surface area (Å²) in [5.41, 5.74) is 3.58. The number of hydrogen-bond acceptors (Lipinski definition) is 5. The predicted octanol–water partition coefficient (Wildman–Crippen LogP) is 3.37. The summed E-state index contributed by atoms with van der Waals surface area (Å²) >= 11 is 0. The van der Waals surface area contributed by atoms with Crippen LogP contribution in [0.3, 0.4) is 0 Å². The van der Waals surface area contributed by atoms with Crippen molar-refractivity contribution in [1.82, 2.24) is 14.8 Å². The van der Waals surface area contributed by atoms with Crippen molar-refractivity contribution >= 4 is 32.3 Å². The van der Waals surface area contributed by atoms with Crippen molar-refractivity contribution in [3.8, 4) is 11.3 Å². The normalized spacial score (nSPS) is 18.8. The largest absolute Gasteiger partial charge is 0.371 e. The summed E-state index contributed by atoms with van der Waals surface area (Å²) in [6.07, 6.45) is 1.13. The van der Waals surface area contributed by atoms with Crippen molar-refractivity contribution in [1.29, 1.82) is 0 Å². The number of anilines is 1. The van der Waals surface area contributed by atoms with Crippen LogP contribution in [0.5, 0.6) is 0 Å². The quantitative estimate of drug-likeness (QED) is 0.606. The molecule has 3 aromatic rings. The summed E-state index contributed by atoms with van der Waals surface area (Å²) < 4.78 is 26.7. The molecule has 7 nitrogen and oxygen atoms in total. The van der Waals surface area contributed by atoms with E-state index in [9.17, 15) is 13.2 Å². The van der Waals surface area contributed by atoms with E-state index in [-0.39, 0.29) is 16.3 Å². The minimum atomic E-state index is -3.79. The fourth-order valence-electron chi connectivity index (χ4n) is 4.77. The van der Waals surface area contributed by atoms with Gasteiger partial charge in [0.25, 0.3) is 0 Å². The highest BCUT2D eigenvalue weighted by Gasteiger charge is 2.35. The summed E-state index contributed by atoms with van der Waals surface area (Å²) in [7, 11) is -1.76. The highest BCUT2D eigenvalue weighted by Crippen LogP contribution is 2.36. The van der Waals surface area contributed by atoms with Crippen LogP contribution < -0.4 is 4.90 Å². The molecule has 1 N–H and O–H groups in total. The molecule has 5 rings (SSSR count). The van der Waals surface area contributed by atoms with E-state index >= 15 is 0 Å². The SMILES string of the molecule is CN1CCN(C(=O)CS(=O)(=O)c2ccc(N3CCC3)c(-c3cc4ccccc4[nH]3)c2)CC1(C)C. The van der Waals surface area contributed by atoms with E-state index in [0.717, 1.165) is 53.9 Å². The first kappa shape index (κ1) is 22.9. The molecule has 3 heterocycles. The Morgan fingerprint density at radius 3 is 2.47 bits per heavy atom. The molecule has 0 radical (unpaired) electrons. The van der Waals surface area contributed by atoms with Gasteiger partial charge in [0.2, 0.25) is 5.91 Å². The Bertz CT molecular complexity index is 1310. The number of carbonyl (C=O) groups is 1. The number of piperazine rings is 1. The zero-order chi connectivity index (χ0) is 24.1. The number of aromatic nitrogens is 1. The van der Waals surface area contributed by atoms with E-state index in [1.807, 2.05) is 37.4 Å². The molecule has 8 heteroatoms. The van der Waals surface area contributed by atoms with E-state index in [4.69, 9.17) is 0 Å². The molecular formula is C26H32N4O3S. The van der Waals surface area contributed by atoms with Gasteiger partial charge in [0.05, 0.1) is 4.90 Å². The second-order valence-corrected chi connectivity index (χ2v) is 12.1. The predicted molar refractivity (Wildman–Crippen MR) is 136 cm³/mol. The Morgan fingerprint density at radius 2 is 1.79 bits per heavy atom. The summed E-state index contributed by atoms with van der Waals surface area (Å²) in [6.45, 7) is 7.85. The Kier molecular flexibility index (Phi) is 5.68. The molecule has 2 aromatic carbocycles. The van der Waals surface area contributed by atoms with Crippen LogP contribution in [0.2, 0.25) is 0 Å². The van der Waals surface area contributed by atoms with Gasteiger partial charge in [0.1, 0.15) is 5.75 Å². The molecule has 0 spiro atoms. The van der Waals surface area contributed by atoms with Crippen molar-refractivity contribution < 1.29 is 13.2 Å². The van der Waals surface area contributed by atoms with Gasteiger partial charge in [-0.05, 0) is 57.6 Å². The number of amides is 1. The minimum absolute atomic E-state index is 0.181. The maximum Gasteiger partial charge on any atom is 0.238 e. The zero-order valence-corrected chi connectivity index (χ0v) is 20.9. The first-order valence-corrected chi connectivity index (χ1v) is 13.5. The van der Waals surface area contributed by atoms with Gasteiger partial charge in [0.15, 0.2) is 9.84 Å². The lowest BCUT2D eigenvalue weighted by Crippen LogP contribution is -2.59. The number of carbonyl (C=O) groups excluding carboxylic acids is 1. The molecule has 0 atom stereocenters. The van der Waals surface area contributed by atoms with Gasteiger partial charge < -0.3 is 14.8 Å². The summed E-state index contributed by atoms with van der Waals surface area (Å²) in [5.74, 6) is -0.845. The molecular weight excluding hydrogens is 448 g/mol. The van der Waals surface area contributed by atoms with Gasteiger partial charge in [0, 0.05) is 66.1 Å². The zero-order valence-electron chi connectivity index (χ0n) is 20.0. The number of benzene rings is 2. The number of para-hydroxylation sites is 1.